The molecule has 0 atom stereocenters. The summed E-state index contributed by atoms with van der Waals surface area (Å²) in [6.07, 6.45) is 7.33. The summed E-state index contributed by atoms with van der Waals surface area (Å²) in [5, 5.41) is 0. The first-order valence-corrected chi connectivity index (χ1v) is 6.52. The van der Waals surface area contributed by atoms with Crippen LogP contribution in [0.5, 0.6) is 0 Å². The number of unbranched alkanes of at least 4 members (excludes halogenated alkanes) is 2. The monoisotopic (exact) mass is 224 g/mol. The quantitative estimate of drug-likeness (QED) is 0.754. The van der Waals surface area contributed by atoms with Crippen molar-refractivity contribution in [2.24, 2.45) is 10.7 Å². The smallest absolute Gasteiger partial charge is 0.160 e. The molecule has 0 aromatic rings. The van der Waals surface area contributed by atoms with Crippen LogP contribution in [0.1, 0.15) is 65.2 Å². The van der Waals surface area contributed by atoms with Crippen molar-refractivity contribution < 1.29 is 4.79 Å². The van der Waals surface area contributed by atoms with Crippen molar-refractivity contribution in [2.75, 3.05) is 0 Å². The Bertz CT molecular complexity index is 263. The van der Waals surface area contributed by atoms with Crippen molar-refractivity contribution in [2.45, 2.75) is 70.8 Å². The highest BCUT2D eigenvalue weighted by molar-refractivity contribution is 5.98. The van der Waals surface area contributed by atoms with E-state index in [2.05, 4.69) is 18.8 Å². The van der Waals surface area contributed by atoms with Crippen molar-refractivity contribution >= 4 is 11.6 Å². The molecule has 1 aliphatic rings. The summed E-state index contributed by atoms with van der Waals surface area (Å²) in [6.45, 7) is 4.29. The fourth-order valence-corrected chi connectivity index (χ4v) is 2.32. The van der Waals surface area contributed by atoms with Crippen LogP contribution in [-0.4, -0.2) is 17.2 Å². The van der Waals surface area contributed by atoms with Crippen LogP contribution in [-0.2, 0) is 4.79 Å². The Morgan fingerprint density at radius 3 is 2.25 bits per heavy atom. The van der Waals surface area contributed by atoms with Gasteiger partial charge in [-0.05, 0) is 12.8 Å². The summed E-state index contributed by atoms with van der Waals surface area (Å²) in [4.78, 5) is 16.6. The SMILES string of the molecule is CCCCC1(CCCC)N=C(N)CCC1=O. The molecule has 1 rings (SSSR count). The number of nitrogens with two attached hydrogens (primary N) is 1. The summed E-state index contributed by atoms with van der Waals surface area (Å²) in [7, 11) is 0. The van der Waals surface area contributed by atoms with Gasteiger partial charge in [-0.25, -0.2) is 0 Å². The van der Waals surface area contributed by atoms with Gasteiger partial charge in [0.1, 0.15) is 5.54 Å². The van der Waals surface area contributed by atoms with Crippen LogP contribution in [0, 0.1) is 0 Å². The van der Waals surface area contributed by atoms with E-state index in [0.29, 0.717) is 24.5 Å². The number of carbonyl (C=O) groups excluding carboxylic acids is 1. The van der Waals surface area contributed by atoms with E-state index in [-0.39, 0.29) is 0 Å². The zero-order chi connectivity index (χ0) is 12.0. The van der Waals surface area contributed by atoms with E-state index in [0.717, 1.165) is 38.5 Å². The van der Waals surface area contributed by atoms with Crippen LogP contribution in [0.2, 0.25) is 0 Å². The topological polar surface area (TPSA) is 55.4 Å². The van der Waals surface area contributed by atoms with Gasteiger partial charge in [-0.15, -0.1) is 0 Å². The van der Waals surface area contributed by atoms with Crippen LogP contribution >= 0.6 is 0 Å². The fourth-order valence-electron chi connectivity index (χ4n) is 2.32. The summed E-state index contributed by atoms with van der Waals surface area (Å²) in [5.41, 5.74) is 5.35. The third kappa shape index (κ3) is 3.06. The molecule has 0 aliphatic carbocycles. The first kappa shape index (κ1) is 13.2. The largest absolute Gasteiger partial charge is 0.387 e. The summed E-state index contributed by atoms with van der Waals surface area (Å²) >= 11 is 0. The minimum Gasteiger partial charge on any atom is -0.387 e. The molecule has 16 heavy (non-hydrogen) atoms. The number of aliphatic imine (C=N–C) groups is 1. The molecule has 0 aromatic heterocycles. The molecule has 3 nitrogen and oxygen atoms in total. The zero-order valence-corrected chi connectivity index (χ0v) is 10.6. The lowest BCUT2D eigenvalue weighted by molar-refractivity contribution is -0.125. The second-order valence-electron chi connectivity index (χ2n) is 4.77. The molecule has 0 radical (unpaired) electrons. The number of carbonyl (C=O) groups is 1. The molecule has 0 spiro atoms. The van der Waals surface area contributed by atoms with Crippen molar-refractivity contribution in [3.8, 4) is 0 Å². The molecule has 0 unspecified atom stereocenters. The summed E-state index contributed by atoms with van der Waals surface area (Å²) < 4.78 is 0. The van der Waals surface area contributed by atoms with Crippen molar-refractivity contribution in [3.05, 3.63) is 0 Å². The van der Waals surface area contributed by atoms with Crippen molar-refractivity contribution in [1.82, 2.24) is 0 Å². The molecular weight excluding hydrogens is 200 g/mol. The standard InChI is InChI=1S/C13H24N2O/c1-3-5-9-13(10-6-4-2)11(16)7-8-12(14)15-13/h3-10H2,1-2H3,(H2,14,15). The normalized spacial score (nSPS) is 19.6. The van der Waals surface area contributed by atoms with E-state index in [1.165, 1.54) is 0 Å². The highest BCUT2D eigenvalue weighted by atomic mass is 16.1. The van der Waals surface area contributed by atoms with Gasteiger partial charge in [0.25, 0.3) is 0 Å². The molecule has 0 saturated heterocycles. The molecule has 0 amide bonds. The average molecular weight is 224 g/mol. The van der Waals surface area contributed by atoms with E-state index in [1.54, 1.807) is 0 Å². The maximum absolute atomic E-state index is 12.1. The molecule has 0 bridgehead atoms. The molecule has 3 heteroatoms. The molecule has 1 heterocycles. The molecule has 92 valence electrons. The lowest BCUT2D eigenvalue weighted by Gasteiger charge is -2.32. The van der Waals surface area contributed by atoms with Gasteiger partial charge in [0.05, 0.1) is 5.84 Å². The van der Waals surface area contributed by atoms with Gasteiger partial charge in [0.2, 0.25) is 0 Å². The predicted octanol–water partition coefficient (Wildman–Crippen LogP) is 2.83. The number of hydrogen-bond acceptors (Lipinski definition) is 3. The second kappa shape index (κ2) is 6.02. The zero-order valence-electron chi connectivity index (χ0n) is 10.6. The maximum Gasteiger partial charge on any atom is 0.160 e. The Hall–Kier alpha value is -0.860. The minimum atomic E-state index is -0.464. The van der Waals surface area contributed by atoms with Crippen molar-refractivity contribution in [3.63, 3.8) is 0 Å². The summed E-state index contributed by atoms with van der Waals surface area (Å²) in [5.74, 6) is 0.982. The Kier molecular flexibility index (Phi) is 4.97. The average Bonchev–Trinajstić information content (AvgIpc) is 2.28. The molecule has 2 N–H and O–H groups in total. The highest BCUT2D eigenvalue weighted by Gasteiger charge is 2.38. The van der Waals surface area contributed by atoms with Gasteiger partial charge in [-0.3, -0.25) is 9.79 Å². The molecule has 1 aliphatic heterocycles. The van der Waals surface area contributed by atoms with E-state index in [4.69, 9.17) is 5.73 Å². The lowest BCUT2D eigenvalue weighted by atomic mass is 9.80. The summed E-state index contributed by atoms with van der Waals surface area (Å²) in [6, 6.07) is 0. The number of nitrogens with zero attached hydrogens (tertiary/aromatic N) is 1. The molecule has 0 saturated carbocycles. The van der Waals surface area contributed by atoms with Gasteiger partial charge in [0, 0.05) is 12.8 Å². The van der Waals surface area contributed by atoms with E-state index in [9.17, 15) is 4.79 Å². The minimum absolute atomic E-state index is 0.309. The Balaban J connectivity index is 2.81. The Morgan fingerprint density at radius 2 is 1.75 bits per heavy atom. The molecule has 0 aromatic carbocycles. The van der Waals surface area contributed by atoms with Crippen molar-refractivity contribution in [1.29, 1.82) is 0 Å². The van der Waals surface area contributed by atoms with Gasteiger partial charge in [-0.2, -0.15) is 0 Å². The highest BCUT2D eigenvalue weighted by Crippen LogP contribution is 2.31. The predicted molar refractivity (Wildman–Crippen MR) is 67.6 cm³/mol. The van der Waals surface area contributed by atoms with Crippen LogP contribution in [0.3, 0.4) is 0 Å². The number of rotatable bonds is 6. The van der Waals surface area contributed by atoms with E-state index < -0.39 is 5.54 Å². The van der Waals surface area contributed by atoms with E-state index in [1.807, 2.05) is 0 Å². The van der Waals surface area contributed by atoms with Gasteiger partial charge >= 0.3 is 0 Å². The second-order valence-corrected chi connectivity index (χ2v) is 4.77. The number of ketones is 1. The molecule has 0 fully saturated rings. The van der Waals surface area contributed by atoms with Gasteiger partial charge in [-0.1, -0.05) is 39.5 Å². The van der Waals surface area contributed by atoms with Crippen LogP contribution in [0.25, 0.3) is 0 Å². The number of Topliss-reactive ketones (excluding diaryl/α,β-unsaturated/α-hetero) is 1. The number of amidine groups is 1. The lowest BCUT2D eigenvalue weighted by Crippen LogP contribution is -2.42. The third-order valence-corrected chi connectivity index (χ3v) is 3.37. The number of hydrogen-bond donors (Lipinski definition) is 1. The Morgan fingerprint density at radius 1 is 1.19 bits per heavy atom. The van der Waals surface area contributed by atoms with Gasteiger partial charge in [0.15, 0.2) is 5.78 Å². The Labute approximate surface area is 98.5 Å². The van der Waals surface area contributed by atoms with Gasteiger partial charge < -0.3 is 5.73 Å². The maximum atomic E-state index is 12.1. The fraction of sp³-hybridized carbons (Fsp3) is 0.846. The van der Waals surface area contributed by atoms with Crippen LogP contribution < -0.4 is 5.73 Å². The first-order chi connectivity index (χ1) is 7.64. The van der Waals surface area contributed by atoms with Crippen LogP contribution in [0.4, 0.5) is 0 Å². The third-order valence-electron chi connectivity index (χ3n) is 3.37. The van der Waals surface area contributed by atoms with E-state index >= 15 is 0 Å². The molecular formula is C13H24N2O. The first-order valence-electron chi connectivity index (χ1n) is 6.52. The van der Waals surface area contributed by atoms with Crippen LogP contribution in [0.15, 0.2) is 4.99 Å².